The molecule has 3 nitrogen and oxygen atoms in total. The zero-order valence-electron chi connectivity index (χ0n) is 6.59. The molecular weight excluding hydrogens is 126 g/mol. The summed E-state index contributed by atoms with van der Waals surface area (Å²) in [5, 5.41) is 6.80. The van der Waals surface area contributed by atoms with Crippen molar-refractivity contribution in [3.8, 4) is 0 Å². The fourth-order valence-electron chi connectivity index (χ4n) is 0.897. The summed E-state index contributed by atoms with van der Waals surface area (Å²) < 4.78 is 2.13. The van der Waals surface area contributed by atoms with Crippen LogP contribution in [0.4, 0.5) is 0 Å². The molecule has 0 unspecified atom stereocenters. The molecule has 0 fully saturated rings. The Bertz CT molecular complexity index is 192. The highest BCUT2D eigenvalue weighted by atomic mass is 15.2. The molecule has 0 saturated carbocycles. The molecule has 1 aromatic rings. The van der Waals surface area contributed by atoms with Gasteiger partial charge in [0.05, 0.1) is 6.54 Å². The minimum Gasteiger partial charge on any atom is -0.235 e. The van der Waals surface area contributed by atoms with E-state index in [1.54, 1.807) is 0 Å². The van der Waals surface area contributed by atoms with Gasteiger partial charge in [-0.3, -0.25) is 0 Å². The van der Waals surface area contributed by atoms with Crippen LogP contribution in [0.1, 0.15) is 25.6 Å². The lowest BCUT2D eigenvalue weighted by atomic mass is 10.3. The summed E-state index contributed by atoms with van der Waals surface area (Å²) in [7, 11) is 0. The van der Waals surface area contributed by atoms with E-state index in [2.05, 4.69) is 21.7 Å². The third kappa shape index (κ3) is 1.56. The number of rotatable bonds is 3. The van der Waals surface area contributed by atoms with Crippen LogP contribution in [0, 0.1) is 6.92 Å². The Morgan fingerprint density at radius 2 is 2.50 bits per heavy atom. The first kappa shape index (κ1) is 7.25. The molecular formula is C7H14N3+. The predicted octanol–water partition coefficient (Wildman–Crippen LogP) is 0.806. The summed E-state index contributed by atoms with van der Waals surface area (Å²) in [6, 6.07) is 0. The molecule has 1 aromatic heterocycles. The minimum absolute atomic E-state index is 1.08. The van der Waals surface area contributed by atoms with Gasteiger partial charge in [-0.25, -0.2) is 4.57 Å². The molecule has 0 aliphatic rings. The predicted molar refractivity (Wildman–Crippen MR) is 38.4 cm³/mol. The lowest BCUT2D eigenvalue weighted by Gasteiger charge is -1.93. The average molecular weight is 140 g/mol. The fourth-order valence-corrected chi connectivity index (χ4v) is 0.897. The number of aromatic amines is 1. The minimum atomic E-state index is 1.08. The molecule has 0 spiro atoms. The van der Waals surface area contributed by atoms with Crippen LogP contribution in [0.2, 0.25) is 0 Å². The van der Waals surface area contributed by atoms with Gasteiger partial charge in [0.15, 0.2) is 0 Å². The second kappa shape index (κ2) is 3.34. The van der Waals surface area contributed by atoms with Gasteiger partial charge in [0.1, 0.15) is 0 Å². The average Bonchev–Trinajstić information content (AvgIpc) is 2.31. The largest absolute Gasteiger partial charge is 0.265 e. The van der Waals surface area contributed by atoms with Crippen molar-refractivity contribution in [1.29, 1.82) is 0 Å². The van der Waals surface area contributed by atoms with Gasteiger partial charge in [0.2, 0.25) is 5.82 Å². The molecule has 0 atom stereocenters. The van der Waals surface area contributed by atoms with Crippen molar-refractivity contribution < 1.29 is 4.57 Å². The zero-order chi connectivity index (χ0) is 7.40. The molecule has 1 heterocycles. The molecule has 10 heavy (non-hydrogen) atoms. The van der Waals surface area contributed by atoms with E-state index >= 15 is 0 Å². The number of nitrogens with zero attached hydrogens (tertiary/aromatic N) is 2. The smallest absolute Gasteiger partial charge is 0.235 e. The summed E-state index contributed by atoms with van der Waals surface area (Å²) in [4.78, 5) is 0. The highest BCUT2D eigenvalue weighted by Crippen LogP contribution is 1.86. The van der Waals surface area contributed by atoms with E-state index in [9.17, 15) is 0 Å². The maximum Gasteiger partial charge on any atom is 0.265 e. The van der Waals surface area contributed by atoms with Gasteiger partial charge in [0.25, 0.3) is 6.33 Å². The number of H-pyrrole nitrogens is 1. The van der Waals surface area contributed by atoms with Crippen LogP contribution >= 0.6 is 0 Å². The second-order valence-electron chi connectivity index (χ2n) is 2.49. The van der Waals surface area contributed by atoms with Crippen LogP contribution in [0.5, 0.6) is 0 Å². The van der Waals surface area contributed by atoms with Crippen molar-refractivity contribution >= 4 is 0 Å². The number of hydrogen-bond acceptors (Lipinski definition) is 1. The van der Waals surface area contributed by atoms with Gasteiger partial charge >= 0.3 is 0 Å². The van der Waals surface area contributed by atoms with Crippen molar-refractivity contribution in [2.75, 3.05) is 0 Å². The van der Waals surface area contributed by atoms with Crippen LogP contribution in [0.3, 0.4) is 0 Å². The van der Waals surface area contributed by atoms with Crippen LogP contribution in [-0.4, -0.2) is 10.2 Å². The van der Waals surface area contributed by atoms with Crippen LogP contribution in [0.15, 0.2) is 6.33 Å². The van der Waals surface area contributed by atoms with Gasteiger partial charge in [-0.15, -0.1) is 5.10 Å². The fraction of sp³-hybridized carbons (Fsp3) is 0.714. The zero-order valence-corrected chi connectivity index (χ0v) is 6.59. The molecule has 1 rings (SSSR count). The molecule has 0 bridgehead atoms. The van der Waals surface area contributed by atoms with E-state index in [0.717, 1.165) is 12.4 Å². The molecule has 56 valence electrons. The molecule has 0 amide bonds. The third-order valence-electron chi connectivity index (χ3n) is 1.61. The summed E-state index contributed by atoms with van der Waals surface area (Å²) >= 11 is 0. The van der Waals surface area contributed by atoms with Crippen molar-refractivity contribution in [2.24, 2.45) is 0 Å². The van der Waals surface area contributed by atoms with E-state index in [1.165, 1.54) is 12.8 Å². The quantitative estimate of drug-likeness (QED) is 0.619. The van der Waals surface area contributed by atoms with Gasteiger partial charge in [0, 0.05) is 12.0 Å². The van der Waals surface area contributed by atoms with E-state index in [4.69, 9.17) is 0 Å². The Kier molecular flexibility index (Phi) is 2.42. The lowest BCUT2D eigenvalue weighted by molar-refractivity contribution is -0.703. The Labute approximate surface area is 61.1 Å². The molecule has 3 heteroatoms. The first-order valence-corrected chi connectivity index (χ1v) is 3.74. The van der Waals surface area contributed by atoms with Crippen LogP contribution < -0.4 is 4.57 Å². The normalized spacial score (nSPS) is 10.2. The maximum absolute atomic E-state index is 3.91. The Morgan fingerprint density at radius 3 is 3.00 bits per heavy atom. The second-order valence-corrected chi connectivity index (χ2v) is 2.49. The monoisotopic (exact) mass is 140 g/mol. The Balaban J connectivity index is 2.49. The lowest BCUT2D eigenvalue weighted by Crippen LogP contribution is -2.34. The third-order valence-corrected chi connectivity index (χ3v) is 1.61. The van der Waals surface area contributed by atoms with Crippen LogP contribution in [0.25, 0.3) is 0 Å². The highest BCUT2D eigenvalue weighted by molar-refractivity contribution is 4.58. The van der Waals surface area contributed by atoms with E-state index in [1.807, 2.05) is 13.3 Å². The van der Waals surface area contributed by atoms with Crippen molar-refractivity contribution in [2.45, 2.75) is 33.2 Å². The molecule has 0 saturated heterocycles. The van der Waals surface area contributed by atoms with Gasteiger partial charge < -0.3 is 0 Å². The summed E-state index contributed by atoms with van der Waals surface area (Å²) in [6.07, 6.45) is 4.30. The summed E-state index contributed by atoms with van der Waals surface area (Å²) in [5.41, 5.74) is 0. The van der Waals surface area contributed by atoms with E-state index < -0.39 is 0 Å². The topological polar surface area (TPSA) is 32.6 Å². The van der Waals surface area contributed by atoms with E-state index in [-0.39, 0.29) is 0 Å². The number of nitrogens with one attached hydrogen (secondary N) is 1. The Hall–Kier alpha value is -0.860. The van der Waals surface area contributed by atoms with Gasteiger partial charge in [-0.1, -0.05) is 13.3 Å². The number of hydrogen-bond donors (Lipinski definition) is 1. The maximum atomic E-state index is 3.91. The number of aryl methyl sites for hydroxylation is 2. The molecule has 0 aliphatic carbocycles. The standard InChI is InChI=1S/C7H13N3/c1-3-4-5-10-6-8-9-7(10)2/h6H,3-5H2,1-2H3/p+1. The molecule has 0 aliphatic heterocycles. The van der Waals surface area contributed by atoms with Crippen molar-refractivity contribution in [1.82, 2.24) is 10.2 Å². The molecule has 0 radical (unpaired) electrons. The summed E-state index contributed by atoms with van der Waals surface area (Å²) in [5.74, 6) is 1.13. The molecule has 1 N–H and O–H groups in total. The molecule has 0 aromatic carbocycles. The SMILES string of the molecule is CCCC[n+]1cn[nH]c1C. The van der Waals surface area contributed by atoms with Crippen molar-refractivity contribution in [3.63, 3.8) is 0 Å². The number of unbranched alkanes of at least 4 members (excludes halogenated alkanes) is 1. The van der Waals surface area contributed by atoms with Gasteiger partial charge in [-0.05, 0) is 6.42 Å². The van der Waals surface area contributed by atoms with Crippen LogP contribution in [-0.2, 0) is 6.54 Å². The summed E-state index contributed by atoms with van der Waals surface area (Å²) in [6.45, 7) is 5.30. The number of aromatic nitrogens is 3. The first-order chi connectivity index (χ1) is 4.84. The van der Waals surface area contributed by atoms with Crippen molar-refractivity contribution in [3.05, 3.63) is 12.2 Å². The highest BCUT2D eigenvalue weighted by Gasteiger charge is 2.02. The van der Waals surface area contributed by atoms with Gasteiger partial charge in [-0.2, -0.15) is 0 Å². The Morgan fingerprint density at radius 1 is 1.70 bits per heavy atom. The van der Waals surface area contributed by atoms with E-state index in [0.29, 0.717) is 0 Å². The first-order valence-electron chi connectivity index (χ1n) is 3.74.